The number of carbonyl (C=O) groups is 1. The van der Waals surface area contributed by atoms with E-state index >= 15 is 0 Å². The summed E-state index contributed by atoms with van der Waals surface area (Å²) in [5.41, 5.74) is 2.14. The van der Waals surface area contributed by atoms with Crippen LogP contribution in [0.15, 0.2) is 36.7 Å². The number of hydrogen-bond acceptors (Lipinski definition) is 5. The van der Waals surface area contributed by atoms with Crippen molar-refractivity contribution in [1.29, 1.82) is 0 Å². The molecule has 0 spiro atoms. The van der Waals surface area contributed by atoms with Crippen molar-refractivity contribution in [2.24, 2.45) is 0 Å². The lowest BCUT2D eigenvalue weighted by molar-refractivity contribution is -0.117. The minimum absolute atomic E-state index is 0.165. The molecule has 6 heteroatoms. The second kappa shape index (κ2) is 6.47. The van der Waals surface area contributed by atoms with Gasteiger partial charge in [0.1, 0.15) is 18.0 Å². The first-order chi connectivity index (χ1) is 11.8. The third kappa shape index (κ3) is 2.91. The predicted molar refractivity (Wildman–Crippen MR) is 94.5 cm³/mol. The van der Waals surface area contributed by atoms with E-state index in [2.05, 4.69) is 20.2 Å². The topological polar surface area (TPSA) is 61.4 Å². The molecule has 1 fully saturated rings. The maximum absolute atomic E-state index is 12.2. The van der Waals surface area contributed by atoms with Crippen LogP contribution in [0.4, 0.5) is 17.3 Å². The monoisotopic (exact) mass is 323 g/mol. The quantitative estimate of drug-likeness (QED) is 0.913. The Morgan fingerprint density at radius 3 is 2.83 bits per heavy atom. The molecular weight excluding hydrogens is 302 g/mol. The summed E-state index contributed by atoms with van der Waals surface area (Å²) in [5.74, 6) is 1.96. The Morgan fingerprint density at radius 2 is 1.96 bits per heavy atom. The van der Waals surface area contributed by atoms with E-state index in [1.807, 2.05) is 35.2 Å². The number of hydrogen-bond donors (Lipinski definition) is 1. The zero-order chi connectivity index (χ0) is 16.4. The molecule has 3 heterocycles. The zero-order valence-corrected chi connectivity index (χ0v) is 13.6. The van der Waals surface area contributed by atoms with Crippen LogP contribution in [0.3, 0.4) is 0 Å². The van der Waals surface area contributed by atoms with Crippen LogP contribution in [0, 0.1) is 0 Å². The fourth-order valence-corrected chi connectivity index (χ4v) is 3.42. The maximum atomic E-state index is 12.2. The standard InChI is InChI=1S/C18H21N5O/c24-18-11-14-5-1-2-6-15(14)23(18)10-7-19-16-12-17(21-13-20-16)22-8-3-4-9-22/h1-2,5-6,12-13H,3-4,7-11H2,(H,19,20,21). The second-order valence-electron chi connectivity index (χ2n) is 6.23. The van der Waals surface area contributed by atoms with Gasteiger partial charge in [0, 0.05) is 37.9 Å². The number of nitrogens with zero attached hydrogens (tertiary/aromatic N) is 4. The van der Waals surface area contributed by atoms with Gasteiger partial charge in [-0.2, -0.15) is 0 Å². The van der Waals surface area contributed by atoms with Gasteiger partial charge in [-0.3, -0.25) is 4.79 Å². The van der Waals surface area contributed by atoms with E-state index in [1.165, 1.54) is 12.8 Å². The van der Waals surface area contributed by atoms with Gasteiger partial charge in [-0.15, -0.1) is 0 Å². The van der Waals surface area contributed by atoms with Crippen molar-refractivity contribution in [2.45, 2.75) is 19.3 Å². The Morgan fingerprint density at radius 1 is 1.12 bits per heavy atom. The highest BCUT2D eigenvalue weighted by Crippen LogP contribution is 2.28. The largest absolute Gasteiger partial charge is 0.368 e. The molecule has 0 aliphatic carbocycles. The van der Waals surface area contributed by atoms with E-state index in [4.69, 9.17) is 0 Å². The fourth-order valence-electron chi connectivity index (χ4n) is 3.42. The average Bonchev–Trinajstić information content (AvgIpc) is 3.24. The summed E-state index contributed by atoms with van der Waals surface area (Å²) in [6.45, 7) is 3.43. The molecule has 0 atom stereocenters. The molecule has 1 aromatic heterocycles. The van der Waals surface area contributed by atoms with Crippen molar-refractivity contribution < 1.29 is 4.79 Å². The summed E-state index contributed by atoms with van der Waals surface area (Å²) in [6, 6.07) is 9.98. The molecule has 0 bridgehead atoms. The summed E-state index contributed by atoms with van der Waals surface area (Å²) < 4.78 is 0. The molecule has 4 rings (SSSR count). The van der Waals surface area contributed by atoms with Gasteiger partial charge in [0.15, 0.2) is 0 Å². The van der Waals surface area contributed by atoms with Gasteiger partial charge in [-0.25, -0.2) is 9.97 Å². The van der Waals surface area contributed by atoms with E-state index in [-0.39, 0.29) is 5.91 Å². The van der Waals surface area contributed by atoms with Gasteiger partial charge in [-0.05, 0) is 24.5 Å². The molecule has 0 radical (unpaired) electrons. The highest BCUT2D eigenvalue weighted by Gasteiger charge is 2.26. The van der Waals surface area contributed by atoms with Crippen LogP contribution in [0.25, 0.3) is 0 Å². The van der Waals surface area contributed by atoms with E-state index in [1.54, 1.807) is 6.33 Å². The van der Waals surface area contributed by atoms with Crippen molar-refractivity contribution >= 4 is 23.2 Å². The first-order valence-electron chi connectivity index (χ1n) is 8.50. The van der Waals surface area contributed by atoms with Gasteiger partial charge in [0.05, 0.1) is 6.42 Å². The van der Waals surface area contributed by atoms with Crippen LogP contribution < -0.4 is 15.1 Å². The van der Waals surface area contributed by atoms with Crippen LogP contribution in [0.2, 0.25) is 0 Å². The molecule has 124 valence electrons. The number of nitrogens with one attached hydrogen (secondary N) is 1. The van der Waals surface area contributed by atoms with Gasteiger partial charge < -0.3 is 15.1 Å². The first kappa shape index (κ1) is 14.9. The summed E-state index contributed by atoms with van der Waals surface area (Å²) in [5, 5.41) is 3.32. The summed E-state index contributed by atoms with van der Waals surface area (Å²) in [4.78, 5) is 24.9. The van der Waals surface area contributed by atoms with Crippen molar-refractivity contribution in [1.82, 2.24) is 9.97 Å². The minimum atomic E-state index is 0.165. The number of fused-ring (bicyclic) bond motifs is 1. The molecule has 1 aromatic carbocycles. The molecule has 0 saturated carbocycles. The highest BCUT2D eigenvalue weighted by molar-refractivity contribution is 6.01. The van der Waals surface area contributed by atoms with E-state index in [0.717, 1.165) is 36.0 Å². The Kier molecular flexibility index (Phi) is 4.02. The molecule has 1 amide bonds. The summed E-state index contributed by atoms with van der Waals surface area (Å²) in [7, 11) is 0. The van der Waals surface area contributed by atoms with Crippen LogP contribution in [0.1, 0.15) is 18.4 Å². The normalized spacial score (nSPS) is 16.6. The molecule has 6 nitrogen and oxygen atoms in total. The van der Waals surface area contributed by atoms with Gasteiger partial charge >= 0.3 is 0 Å². The van der Waals surface area contributed by atoms with Crippen LogP contribution in [-0.4, -0.2) is 42.1 Å². The van der Waals surface area contributed by atoms with Gasteiger partial charge in [0.25, 0.3) is 0 Å². The van der Waals surface area contributed by atoms with Crippen molar-refractivity contribution in [3.05, 3.63) is 42.2 Å². The molecule has 24 heavy (non-hydrogen) atoms. The molecule has 2 aliphatic rings. The van der Waals surface area contributed by atoms with E-state index in [0.29, 0.717) is 19.5 Å². The molecule has 1 N–H and O–H groups in total. The van der Waals surface area contributed by atoms with Crippen molar-refractivity contribution in [2.75, 3.05) is 41.3 Å². The third-order valence-corrected chi connectivity index (χ3v) is 4.65. The van der Waals surface area contributed by atoms with Crippen LogP contribution in [0.5, 0.6) is 0 Å². The number of carbonyl (C=O) groups excluding carboxylic acids is 1. The third-order valence-electron chi connectivity index (χ3n) is 4.65. The number of anilines is 3. The molecule has 2 aliphatic heterocycles. The lowest BCUT2D eigenvalue weighted by Gasteiger charge is -2.19. The summed E-state index contributed by atoms with van der Waals surface area (Å²) in [6.07, 6.45) is 4.56. The highest BCUT2D eigenvalue weighted by atomic mass is 16.2. The average molecular weight is 323 g/mol. The smallest absolute Gasteiger partial charge is 0.231 e. The van der Waals surface area contributed by atoms with Crippen molar-refractivity contribution in [3.8, 4) is 0 Å². The van der Waals surface area contributed by atoms with Gasteiger partial charge in [0.2, 0.25) is 5.91 Å². The lowest BCUT2D eigenvalue weighted by atomic mass is 10.2. The second-order valence-corrected chi connectivity index (χ2v) is 6.23. The Bertz CT molecular complexity index is 742. The number of amides is 1. The van der Waals surface area contributed by atoms with Crippen LogP contribution >= 0.6 is 0 Å². The number of benzene rings is 1. The van der Waals surface area contributed by atoms with E-state index in [9.17, 15) is 4.79 Å². The lowest BCUT2D eigenvalue weighted by Crippen LogP contribution is -2.31. The maximum Gasteiger partial charge on any atom is 0.231 e. The first-order valence-corrected chi connectivity index (χ1v) is 8.50. The minimum Gasteiger partial charge on any atom is -0.368 e. The molecular formula is C18H21N5O. The SMILES string of the molecule is O=C1Cc2ccccc2N1CCNc1cc(N2CCCC2)ncn1. The molecule has 0 unspecified atom stereocenters. The Labute approximate surface area is 141 Å². The van der Waals surface area contributed by atoms with Crippen molar-refractivity contribution in [3.63, 3.8) is 0 Å². The number of aromatic nitrogens is 2. The zero-order valence-electron chi connectivity index (χ0n) is 13.6. The fraction of sp³-hybridized carbons (Fsp3) is 0.389. The van der Waals surface area contributed by atoms with Crippen LogP contribution in [-0.2, 0) is 11.2 Å². The molecule has 1 saturated heterocycles. The van der Waals surface area contributed by atoms with Gasteiger partial charge in [-0.1, -0.05) is 18.2 Å². The Hall–Kier alpha value is -2.63. The van der Waals surface area contributed by atoms with E-state index < -0.39 is 0 Å². The number of rotatable bonds is 5. The number of para-hydroxylation sites is 1. The Balaban J connectivity index is 1.38. The summed E-state index contributed by atoms with van der Waals surface area (Å²) >= 11 is 0. The predicted octanol–water partition coefficient (Wildman–Crippen LogP) is 2.08. The molecule has 2 aromatic rings.